The number of fused-ring (bicyclic) bond motifs is 1. The number of carbonyl (C=O) groups is 1. The van der Waals surface area contributed by atoms with Crippen LogP contribution in [-0.2, 0) is 27.7 Å². The van der Waals surface area contributed by atoms with E-state index in [1.165, 1.54) is 19.8 Å². The van der Waals surface area contributed by atoms with E-state index in [2.05, 4.69) is 21.9 Å². The van der Waals surface area contributed by atoms with Gasteiger partial charge in [-0.1, -0.05) is 13.0 Å². The molecule has 6 nitrogen and oxygen atoms in total. The Morgan fingerprint density at radius 3 is 2.58 bits per heavy atom. The number of hydrogen-bond donors (Lipinski definition) is 2. The monoisotopic (exact) mass is 379 g/mol. The summed E-state index contributed by atoms with van der Waals surface area (Å²) in [7, 11) is -3.50. The third-order valence-electron chi connectivity index (χ3n) is 5.42. The van der Waals surface area contributed by atoms with Gasteiger partial charge in [-0.3, -0.25) is 4.79 Å². The molecule has 1 aromatic carbocycles. The van der Waals surface area contributed by atoms with Crippen molar-refractivity contribution in [2.75, 3.05) is 26.2 Å². The van der Waals surface area contributed by atoms with E-state index in [-0.39, 0.29) is 11.9 Å². The average Bonchev–Trinajstić information content (AvgIpc) is 2.97. The highest BCUT2D eigenvalue weighted by Crippen LogP contribution is 2.25. The predicted octanol–water partition coefficient (Wildman–Crippen LogP) is 1.30. The molecule has 3 rings (SSSR count). The minimum absolute atomic E-state index is 0.0515. The van der Waals surface area contributed by atoms with Gasteiger partial charge < -0.3 is 10.2 Å². The highest BCUT2D eigenvalue weighted by Gasteiger charge is 2.24. The average molecular weight is 380 g/mol. The third-order valence-corrected chi connectivity index (χ3v) is 6.88. The van der Waals surface area contributed by atoms with Crippen LogP contribution in [0, 0.1) is 5.92 Å². The van der Waals surface area contributed by atoms with E-state index in [9.17, 15) is 13.2 Å². The summed E-state index contributed by atoms with van der Waals surface area (Å²) in [5.41, 5.74) is 2.13. The summed E-state index contributed by atoms with van der Waals surface area (Å²) < 4.78 is 27.9. The van der Waals surface area contributed by atoms with E-state index in [4.69, 9.17) is 0 Å². The summed E-state index contributed by atoms with van der Waals surface area (Å²) in [4.78, 5) is 13.9. The van der Waals surface area contributed by atoms with Crippen molar-refractivity contribution in [2.24, 2.45) is 5.92 Å². The highest BCUT2D eigenvalue weighted by molar-refractivity contribution is 7.89. The quantitative estimate of drug-likeness (QED) is 0.781. The number of likely N-dealkylation sites (tertiary alicyclic amines) is 1. The molecule has 0 spiro atoms. The number of amides is 1. The lowest BCUT2D eigenvalue weighted by Crippen LogP contribution is -2.39. The predicted molar refractivity (Wildman–Crippen MR) is 101 cm³/mol. The maximum Gasteiger partial charge on any atom is 0.240 e. The maximum atomic E-state index is 12.6. The van der Waals surface area contributed by atoms with Crippen LogP contribution in [0.25, 0.3) is 0 Å². The molecule has 1 saturated heterocycles. The second-order valence-corrected chi connectivity index (χ2v) is 9.43. The fraction of sp³-hybridized carbons (Fsp3) is 0.632. The maximum absolute atomic E-state index is 12.6. The van der Waals surface area contributed by atoms with Gasteiger partial charge in [0.1, 0.15) is 0 Å². The van der Waals surface area contributed by atoms with Crippen molar-refractivity contribution in [3.05, 3.63) is 29.3 Å². The fourth-order valence-electron chi connectivity index (χ4n) is 3.86. The summed E-state index contributed by atoms with van der Waals surface area (Å²) in [6, 6.07) is 5.36. The number of nitrogens with zero attached hydrogens (tertiary/aromatic N) is 1. The second-order valence-electron chi connectivity index (χ2n) is 7.66. The third kappa shape index (κ3) is 4.84. The molecule has 0 aromatic heterocycles. The Hall–Kier alpha value is -1.44. The summed E-state index contributed by atoms with van der Waals surface area (Å²) in [5, 5.41) is 2.91. The zero-order chi connectivity index (χ0) is 18.7. The van der Waals surface area contributed by atoms with Gasteiger partial charge in [-0.25, -0.2) is 13.1 Å². The van der Waals surface area contributed by atoms with Crippen molar-refractivity contribution < 1.29 is 13.2 Å². The van der Waals surface area contributed by atoms with Gasteiger partial charge in [0.2, 0.25) is 15.9 Å². The molecule has 2 aliphatic rings. The summed E-state index contributed by atoms with van der Waals surface area (Å²) in [6.45, 7) is 7.05. The molecule has 0 saturated carbocycles. The number of carbonyl (C=O) groups excluding carboxylic acids is 1. The summed E-state index contributed by atoms with van der Waals surface area (Å²) in [5.74, 6) is 0.722. The first-order chi connectivity index (χ1) is 12.3. The number of nitrogens with one attached hydrogen (secondary N) is 2. The zero-order valence-corrected chi connectivity index (χ0v) is 16.4. The molecule has 1 heterocycles. The SMILES string of the molecule is CC(=O)N[C@@H]1Cc2ccc(S(=O)(=O)NCCN3CCC(C)CC3)cc2C1. The first kappa shape index (κ1) is 19.3. The Kier molecular flexibility index (Phi) is 5.99. The number of hydrogen-bond acceptors (Lipinski definition) is 4. The highest BCUT2D eigenvalue weighted by atomic mass is 32.2. The van der Waals surface area contributed by atoms with Crippen molar-refractivity contribution in [3.8, 4) is 0 Å². The molecule has 1 fully saturated rings. The van der Waals surface area contributed by atoms with Crippen LogP contribution in [0.2, 0.25) is 0 Å². The van der Waals surface area contributed by atoms with Crippen LogP contribution in [0.4, 0.5) is 0 Å². The Morgan fingerprint density at radius 2 is 1.88 bits per heavy atom. The van der Waals surface area contributed by atoms with Crippen molar-refractivity contribution in [1.82, 2.24) is 14.9 Å². The van der Waals surface area contributed by atoms with Crippen molar-refractivity contribution in [2.45, 2.75) is 50.5 Å². The molecule has 1 aliphatic carbocycles. The van der Waals surface area contributed by atoms with Gasteiger partial charge in [0.15, 0.2) is 0 Å². The summed E-state index contributed by atoms with van der Waals surface area (Å²) >= 11 is 0. The van der Waals surface area contributed by atoms with E-state index < -0.39 is 10.0 Å². The second kappa shape index (κ2) is 8.06. The number of piperidine rings is 1. The van der Waals surface area contributed by atoms with Gasteiger partial charge in [-0.2, -0.15) is 0 Å². The van der Waals surface area contributed by atoms with Crippen molar-refractivity contribution in [3.63, 3.8) is 0 Å². The Morgan fingerprint density at radius 1 is 1.19 bits per heavy atom. The van der Waals surface area contributed by atoms with Gasteiger partial charge in [-0.15, -0.1) is 0 Å². The smallest absolute Gasteiger partial charge is 0.240 e. The molecule has 144 valence electrons. The summed E-state index contributed by atoms with van der Waals surface area (Å²) in [6.07, 6.45) is 3.82. The van der Waals surface area contributed by atoms with Gasteiger partial charge in [0.05, 0.1) is 4.90 Å². The number of rotatable bonds is 6. The lowest BCUT2D eigenvalue weighted by atomic mass is 9.99. The molecule has 7 heteroatoms. The molecule has 26 heavy (non-hydrogen) atoms. The van der Waals surface area contributed by atoms with E-state index >= 15 is 0 Å². The van der Waals surface area contributed by atoms with Crippen LogP contribution in [0.15, 0.2) is 23.1 Å². The van der Waals surface area contributed by atoms with E-state index in [1.54, 1.807) is 12.1 Å². The Labute approximate surface area is 156 Å². The van der Waals surface area contributed by atoms with E-state index in [0.717, 1.165) is 43.1 Å². The normalized spacial score (nSPS) is 21.5. The molecule has 0 radical (unpaired) electrons. The van der Waals surface area contributed by atoms with Crippen LogP contribution < -0.4 is 10.0 Å². The van der Waals surface area contributed by atoms with E-state index in [1.807, 2.05) is 6.07 Å². The molecule has 1 aromatic rings. The van der Waals surface area contributed by atoms with Gasteiger partial charge in [-0.05, 0) is 68.0 Å². The minimum atomic E-state index is -3.50. The lowest BCUT2D eigenvalue weighted by Gasteiger charge is -2.30. The standard InChI is InChI=1S/C19H29N3O3S/c1-14-5-8-22(9-6-14)10-7-20-26(24,25)19-4-3-16-11-18(21-15(2)23)12-17(16)13-19/h3-4,13-14,18,20H,5-12H2,1-2H3,(H,21,23)/t18-/m1/s1. The number of benzene rings is 1. The number of sulfonamides is 1. The fourth-order valence-corrected chi connectivity index (χ4v) is 4.93. The van der Waals surface area contributed by atoms with Crippen LogP contribution in [-0.4, -0.2) is 51.4 Å². The first-order valence-corrected chi connectivity index (χ1v) is 10.9. The van der Waals surface area contributed by atoms with E-state index in [0.29, 0.717) is 17.9 Å². The minimum Gasteiger partial charge on any atom is -0.353 e. The van der Waals surface area contributed by atoms with Crippen LogP contribution in [0.5, 0.6) is 0 Å². The molecule has 1 atom stereocenters. The molecular weight excluding hydrogens is 350 g/mol. The zero-order valence-electron chi connectivity index (χ0n) is 15.6. The topological polar surface area (TPSA) is 78.5 Å². The van der Waals surface area contributed by atoms with Gasteiger partial charge in [0, 0.05) is 26.1 Å². The van der Waals surface area contributed by atoms with Gasteiger partial charge in [0.25, 0.3) is 0 Å². The van der Waals surface area contributed by atoms with Crippen LogP contribution in [0.1, 0.15) is 37.8 Å². The Balaban J connectivity index is 1.56. The molecule has 1 aliphatic heterocycles. The lowest BCUT2D eigenvalue weighted by molar-refractivity contribution is -0.119. The van der Waals surface area contributed by atoms with Crippen molar-refractivity contribution >= 4 is 15.9 Å². The molecule has 0 bridgehead atoms. The van der Waals surface area contributed by atoms with Gasteiger partial charge >= 0.3 is 0 Å². The van der Waals surface area contributed by atoms with Crippen molar-refractivity contribution in [1.29, 1.82) is 0 Å². The molecule has 2 N–H and O–H groups in total. The van der Waals surface area contributed by atoms with Crippen LogP contribution in [0.3, 0.4) is 0 Å². The largest absolute Gasteiger partial charge is 0.353 e. The molecular formula is C19H29N3O3S. The first-order valence-electron chi connectivity index (χ1n) is 9.44. The Bertz CT molecular complexity index is 755. The molecule has 1 amide bonds. The molecule has 0 unspecified atom stereocenters. The van der Waals surface area contributed by atoms with Crippen LogP contribution >= 0.6 is 0 Å².